The summed E-state index contributed by atoms with van der Waals surface area (Å²) in [4.78, 5) is 16.2. The first-order valence-electron chi connectivity index (χ1n) is 11.0. The number of aryl methyl sites for hydroxylation is 1. The van der Waals surface area contributed by atoms with Gasteiger partial charge in [0.25, 0.3) is 0 Å². The smallest absolute Gasteiger partial charge is 0.382 e. The van der Waals surface area contributed by atoms with Crippen molar-refractivity contribution in [2.24, 2.45) is 12.5 Å². The van der Waals surface area contributed by atoms with E-state index in [0.29, 0.717) is 10.9 Å². The highest BCUT2D eigenvalue weighted by Crippen LogP contribution is 2.50. The Kier molecular flexibility index (Phi) is 4.59. The average Bonchev–Trinajstić information content (AvgIpc) is 3.43. The molecule has 33 heavy (non-hydrogen) atoms. The molecule has 6 rings (SSSR count). The number of hydrogen-bond donors (Lipinski definition) is 1. The highest BCUT2D eigenvalue weighted by atomic mass is 32.1. The van der Waals surface area contributed by atoms with Crippen molar-refractivity contribution in [2.75, 3.05) is 23.3 Å². The third kappa shape index (κ3) is 3.80. The molecule has 6 nitrogen and oxygen atoms in total. The van der Waals surface area contributed by atoms with Crippen molar-refractivity contribution in [3.05, 3.63) is 41.8 Å². The Balaban J connectivity index is 1.14. The van der Waals surface area contributed by atoms with Crippen molar-refractivity contribution >= 4 is 44.1 Å². The van der Waals surface area contributed by atoms with E-state index in [-0.39, 0.29) is 10.3 Å². The molecule has 0 amide bonds. The van der Waals surface area contributed by atoms with Crippen LogP contribution >= 0.6 is 11.3 Å². The summed E-state index contributed by atoms with van der Waals surface area (Å²) >= 11 is 1.11. The third-order valence-electron chi connectivity index (χ3n) is 6.93. The van der Waals surface area contributed by atoms with Crippen LogP contribution in [0.1, 0.15) is 24.1 Å². The van der Waals surface area contributed by atoms with Gasteiger partial charge in [0.15, 0.2) is 0 Å². The fraction of sp³-hybridized carbons (Fsp3) is 0.435. The molecule has 1 saturated carbocycles. The van der Waals surface area contributed by atoms with Gasteiger partial charge in [-0.1, -0.05) is 0 Å². The van der Waals surface area contributed by atoms with Crippen molar-refractivity contribution < 1.29 is 13.2 Å². The van der Waals surface area contributed by atoms with E-state index in [4.69, 9.17) is 0 Å². The molecule has 1 aliphatic carbocycles. The van der Waals surface area contributed by atoms with E-state index in [1.807, 2.05) is 24.0 Å². The average molecular weight is 473 g/mol. The molecule has 2 aliphatic rings. The van der Waals surface area contributed by atoms with Gasteiger partial charge in [-0.2, -0.15) is 13.2 Å². The van der Waals surface area contributed by atoms with Crippen LogP contribution in [-0.2, 0) is 13.5 Å². The molecule has 1 aromatic carbocycles. The van der Waals surface area contributed by atoms with Crippen molar-refractivity contribution in [1.82, 2.24) is 19.5 Å². The summed E-state index contributed by atoms with van der Waals surface area (Å²) in [6, 6.07) is 8.29. The normalized spacial score (nSPS) is 23.0. The Morgan fingerprint density at radius 2 is 2.03 bits per heavy atom. The Morgan fingerprint density at radius 3 is 2.85 bits per heavy atom. The van der Waals surface area contributed by atoms with Crippen molar-refractivity contribution in [3.8, 4) is 0 Å². The first-order chi connectivity index (χ1) is 15.8. The molecule has 0 atom stereocenters. The standard InChI is InChI=1S/C23H23F3N6S/c1-31-13-29-18-3-2-14(6-19(18)31)30-15-8-22(9-15)4-5-32(11-22)20-17-7-16(10-23(24,25)26)33-21(17)28-12-27-20/h2-3,6-7,12-13,15,30H,4-5,8-11H2,1H3. The number of aromatic nitrogens is 4. The van der Waals surface area contributed by atoms with Crippen LogP contribution in [0.25, 0.3) is 21.3 Å². The highest BCUT2D eigenvalue weighted by molar-refractivity contribution is 7.18. The topological polar surface area (TPSA) is 58.9 Å². The minimum Gasteiger partial charge on any atom is -0.382 e. The van der Waals surface area contributed by atoms with Gasteiger partial charge in [0, 0.05) is 36.7 Å². The van der Waals surface area contributed by atoms with Gasteiger partial charge in [0.1, 0.15) is 17.0 Å². The second kappa shape index (κ2) is 7.31. The monoisotopic (exact) mass is 472 g/mol. The van der Waals surface area contributed by atoms with Crippen molar-refractivity contribution in [1.29, 1.82) is 0 Å². The van der Waals surface area contributed by atoms with Crippen LogP contribution in [0.15, 0.2) is 36.9 Å². The van der Waals surface area contributed by atoms with E-state index in [2.05, 4.69) is 37.3 Å². The van der Waals surface area contributed by atoms with E-state index < -0.39 is 12.6 Å². The molecule has 0 bridgehead atoms. The molecule has 1 saturated heterocycles. The van der Waals surface area contributed by atoms with E-state index in [1.165, 1.54) is 6.33 Å². The van der Waals surface area contributed by atoms with Gasteiger partial charge >= 0.3 is 6.18 Å². The Morgan fingerprint density at radius 1 is 1.18 bits per heavy atom. The number of nitrogens with one attached hydrogen (secondary N) is 1. The summed E-state index contributed by atoms with van der Waals surface area (Å²) in [5.74, 6) is 0.764. The number of fused-ring (bicyclic) bond motifs is 2. The summed E-state index contributed by atoms with van der Waals surface area (Å²) in [6.45, 7) is 1.74. The lowest BCUT2D eigenvalue weighted by atomic mass is 9.65. The van der Waals surface area contributed by atoms with Crippen LogP contribution in [0, 0.1) is 5.41 Å². The molecule has 4 heterocycles. The lowest BCUT2D eigenvalue weighted by molar-refractivity contribution is -0.126. The number of thiophene rings is 1. The summed E-state index contributed by atoms with van der Waals surface area (Å²) in [5.41, 5.74) is 3.43. The summed E-state index contributed by atoms with van der Waals surface area (Å²) in [6.07, 6.45) is 1.36. The summed E-state index contributed by atoms with van der Waals surface area (Å²) < 4.78 is 40.6. The molecule has 1 N–H and O–H groups in total. The van der Waals surface area contributed by atoms with Crippen LogP contribution in [0.3, 0.4) is 0 Å². The Bertz CT molecular complexity index is 1340. The van der Waals surface area contributed by atoms with E-state index >= 15 is 0 Å². The fourth-order valence-corrected chi connectivity index (χ4v) is 6.44. The van der Waals surface area contributed by atoms with E-state index in [0.717, 1.165) is 71.6 Å². The highest BCUT2D eigenvalue weighted by Gasteiger charge is 2.49. The van der Waals surface area contributed by atoms with Crippen LogP contribution in [0.4, 0.5) is 24.7 Å². The van der Waals surface area contributed by atoms with Crippen LogP contribution in [0.5, 0.6) is 0 Å². The SMILES string of the molecule is Cn1cnc2ccc(NC3CC4(CCN(c5ncnc6sc(CC(F)(F)F)cc56)C4)C3)cc21. The van der Waals surface area contributed by atoms with Gasteiger partial charge in [0.2, 0.25) is 0 Å². The van der Waals surface area contributed by atoms with Gasteiger partial charge in [-0.25, -0.2) is 15.0 Å². The van der Waals surface area contributed by atoms with Gasteiger partial charge in [-0.15, -0.1) is 11.3 Å². The lowest BCUT2D eigenvalue weighted by Crippen LogP contribution is -2.46. The van der Waals surface area contributed by atoms with Gasteiger partial charge in [-0.3, -0.25) is 0 Å². The zero-order valence-electron chi connectivity index (χ0n) is 18.1. The Labute approximate surface area is 192 Å². The second-order valence-electron chi connectivity index (χ2n) is 9.40. The maximum atomic E-state index is 12.8. The summed E-state index contributed by atoms with van der Waals surface area (Å²) in [5, 5.41) is 4.39. The molecule has 1 spiro atoms. The van der Waals surface area contributed by atoms with E-state index in [9.17, 15) is 13.2 Å². The number of benzene rings is 1. The molecular weight excluding hydrogens is 449 g/mol. The van der Waals surface area contributed by atoms with Crippen LogP contribution < -0.4 is 10.2 Å². The zero-order valence-corrected chi connectivity index (χ0v) is 18.9. The summed E-state index contributed by atoms with van der Waals surface area (Å²) in [7, 11) is 1.99. The van der Waals surface area contributed by atoms with Gasteiger partial charge < -0.3 is 14.8 Å². The number of anilines is 2. The largest absolute Gasteiger partial charge is 0.393 e. The molecule has 1 aliphatic heterocycles. The second-order valence-corrected chi connectivity index (χ2v) is 10.5. The Hall–Kier alpha value is -2.88. The first-order valence-corrected chi connectivity index (χ1v) is 11.8. The minimum absolute atomic E-state index is 0.233. The molecule has 2 fully saturated rings. The zero-order chi connectivity index (χ0) is 22.8. The molecule has 0 unspecified atom stereocenters. The number of rotatable bonds is 4. The predicted octanol–water partition coefficient (Wildman–Crippen LogP) is 5.15. The molecule has 0 radical (unpaired) electrons. The molecule has 3 aromatic heterocycles. The van der Waals surface area contributed by atoms with E-state index in [1.54, 1.807) is 6.07 Å². The molecule has 4 aromatic rings. The minimum atomic E-state index is -4.22. The fourth-order valence-electron chi connectivity index (χ4n) is 5.42. The van der Waals surface area contributed by atoms with Gasteiger partial charge in [-0.05, 0) is 48.9 Å². The third-order valence-corrected chi connectivity index (χ3v) is 7.97. The number of nitrogens with zero attached hydrogens (tertiary/aromatic N) is 5. The van der Waals surface area contributed by atoms with Crippen molar-refractivity contribution in [3.63, 3.8) is 0 Å². The van der Waals surface area contributed by atoms with Crippen LogP contribution in [-0.4, -0.2) is 44.8 Å². The number of imidazole rings is 1. The first kappa shape index (κ1) is 20.7. The van der Waals surface area contributed by atoms with Crippen molar-refractivity contribution in [2.45, 2.75) is 37.9 Å². The number of halogens is 3. The van der Waals surface area contributed by atoms with Crippen LogP contribution in [0.2, 0.25) is 0 Å². The quantitative estimate of drug-likeness (QED) is 0.445. The number of alkyl halides is 3. The molecular formula is C23H23F3N6S. The maximum absolute atomic E-state index is 12.8. The maximum Gasteiger partial charge on any atom is 0.393 e. The van der Waals surface area contributed by atoms with Gasteiger partial charge in [0.05, 0.1) is 29.2 Å². The molecule has 10 heteroatoms. The lowest BCUT2D eigenvalue weighted by Gasteiger charge is -2.46. The molecule has 172 valence electrons. The predicted molar refractivity (Wildman–Crippen MR) is 124 cm³/mol. The number of hydrogen-bond acceptors (Lipinski definition) is 6.